The molecule has 134 valence electrons. The van der Waals surface area contributed by atoms with Crippen molar-refractivity contribution in [1.29, 1.82) is 0 Å². The number of benzene rings is 2. The van der Waals surface area contributed by atoms with Gasteiger partial charge in [-0.05, 0) is 50.1 Å². The SMILES string of the molecule is CCOC(=O)[C@@H](N)Cc1ccc(NS(=O)(=O)c2ccc(C)cc2)cc1. The summed E-state index contributed by atoms with van der Waals surface area (Å²) in [4.78, 5) is 11.7. The minimum Gasteiger partial charge on any atom is -0.465 e. The molecule has 0 aliphatic rings. The zero-order chi connectivity index (χ0) is 18.4. The van der Waals surface area contributed by atoms with E-state index in [4.69, 9.17) is 10.5 Å². The molecule has 2 rings (SSSR count). The number of nitrogens with one attached hydrogen (secondary N) is 1. The highest BCUT2D eigenvalue weighted by molar-refractivity contribution is 7.92. The molecular formula is C18H22N2O4S. The van der Waals surface area contributed by atoms with E-state index in [9.17, 15) is 13.2 Å². The van der Waals surface area contributed by atoms with Gasteiger partial charge in [0, 0.05) is 5.69 Å². The third kappa shape index (κ3) is 5.30. The number of aryl methyl sites for hydroxylation is 1. The molecule has 0 saturated carbocycles. The predicted octanol–water partition coefficient (Wildman–Crippen LogP) is 2.23. The van der Waals surface area contributed by atoms with Crippen molar-refractivity contribution >= 4 is 21.7 Å². The van der Waals surface area contributed by atoms with Crippen LogP contribution in [0.25, 0.3) is 0 Å². The van der Waals surface area contributed by atoms with Crippen LogP contribution < -0.4 is 10.5 Å². The lowest BCUT2D eigenvalue weighted by Crippen LogP contribution is -2.34. The van der Waals surface area contributed by atoms with Crippen molar-refractivity contribution in [3.8, 4) is 0 Å². The number of carbonyl (C=O) groups is 1. The van der Waals surface area contributed by atoms with E-state index in [2.05, 4.69) is 4.72 Å². The number of carbonyl (C=O) groups excluding carboxylic acids is 1. The Morgan fingerprint density at radius 1 is 1.12 bits per heavy atom. The fourth-order valence-corrected chi connectivity index (χ4v) is 3.29. The first kappa shape index (κ1) is 19.0. The smallest absolute Gasteiger partial charge is 0.323 e. The zero-order valence-electron chi connectivity index (χ0n) is 14.2. The third-order valence-electron chi connectivity index (χ3n) is 3.58. The molecule has 0 aromatic heterocycles. The molecule has 2 aromatic carbocycles. The first-order valence-electron chi connectivity index (χ1n) is 7.92. The molecule has 0 amide bonds. The summed E-state index contributed by atoms with van der Waals surface area (Å²) in [6.45, 7) is 3.90. The van der Waals surface area contributed by atoms with Crippen molar-refractivity contribution in [2.75, 3.05) is 11.3 Å². The number of nitrogens with two attached hydrogens (primary N) is 1. The summed E-state index contributed by atoms with van der Waals surface area (Å²) in [6, 6.07) is 12.6. The number of anilines is 1. The van der Waals surface area contributed by atoms with Gasteiger partial charge in [0.25, 0.3) is 10.0 Å². The van der Waals surface area contributed by atoms with E-state index in [1.165, 1.54) is 0 Å². The van der Waals surface area contributed by atoms with Crippen LogP contribution in [0.4, 0.5) is 5.69 Å². The maximum atomic E-state index is 12.3. The van der Waals surface area contributed by atoms with Crippen LogP contribution in [0.15, 0.2) is 53.4 Å². The fourth-order valence-electron chi connectivity index (χ4n) is 2.23. The van der Waals surface area contributed by atoms with Gasteiger partial charge in [0.05, 0.1) is 11.5 Å². The second-order valence-corrected chi connectivity index (χ2v) is 7.36. The summed E-state index contributed by atoms with van der Waals surface area (Å²) >= 11 is 0. The monoisotopic (exact) mass is 362 g/mol. The topological polar surface area (TPSA) is 98.5 Å². The molecule has 2 aromatic rings. The molecule has 0 aliphatic heterocycles. The quantitative estimate of drug-likeness (QED) is 0.736. The largest absolute Gasteiger partial charge is 0.465 e. The molecule has 25 heavy (non-hydrogen) atoms. The molecule has 1 atom stereocenters. The van der Waals surface area contributed by atoms with Crippen molar-refractivity contribution < 1.29 is 17.9 Å². The first-order valence-corrected chi connectivity index (χ1v) is 9.41. The molecule has 6 nitrogen and oxygen atoms in total. The van der Waals surface area contributed by atoms with Crippen LogP contribution in [0.3, 0.4) is 0 Å². The Bertz CT molecular complexity index is 815. The van der Waals surface area contributed by atoms with Crippen molar-refractivity contribution in [3.05, 3.63) is 59.7 Å². The molecule has 0 heterocycles. The highest BCUT2D eigenvalue weighted by Crippen LogP contribution is 2.17. The highest BCUT2D eigenvalue weighted by atomic mass is 32.2. The van der Waals surface area contributed by atoms with Crippen molar-refractivity contribution in [1.82, 2.24) is 0 Å². The molecular weight excluding hydrogens is 340 g/mol. The van der Waals surface area contributed by atoms with Crippen LogP contribution in [-0.2, 0) is 26.0 Å². The van der Waals surface area contributed by atoms with Gasteiger partial charge < -0.3 is 10.5 Å². The molecule has 7 heteroatoms. The van der Waals surface area contributed by atoms with Gasteiger partial charge in [-0.2, -0.15) is 0 Å². The lowest BCUT2D eigenvalue weighted by Gasteiger charge is -2.12. The van der Waals surface area contributed by atoms with E-state index in [0.717, 1.165) is 11.1 Å². The fraction of sp³-hybridized carbons (Fsp3) is 0.278. The third-order valence-corrected chi connectivity index (χ3v) is 4.98. The Kier molecular flexibility index (Phi) is 6.17. The van der Waals surface area contributed by atoms with E-state index in [1.807, 2.05) is 6.92 Å². The first-order chi connectivity index (χ1) is 11.8. The number of esters is 1. The molecule has 0 bridgehead atoms. The summed E-state index contributed by atoms with van der Waals surface area (Å²) < 4.78 is 32.1. The molecule has 0 fully saturated rings. The molecule has 0 radical (unpaired) electrons. The molecule has 0 spiro atoms. The van der Waals surface area contributed by atoms with E-state index in [1.54, 1.807) is 55.5 Å². The summed E-state index contributed by atoms with van der Waals surface area (Å²) in [5.74, 6) is -0.452. The minimum absolute atomic E-state index is 0.200. The van der Waals surface area contributed by atoms with Crippen LogP contribution in [0.5, 0.6) is 0 Å². The average Bonchev–Trinajstić information content (AvgIpc) is 2.57. The van der Waals surface area contributed by atoms with Gasteiger partial charge in [-0.15, -0.1) is 0 Å². The Balaban J connectivity index is 2.04. The van der Waals surface area contributed by atoms with Crippen LogP contribution >= 0.6 is 0 Å². The van der Waals surface area contributed by atoms with Crippen molar-refractivity contribution in [3.63, 3.8) is 0 Å². The van der Waals surface area contributed by atoms with Crippen LogP contribution in [-0.4, -0.2) is 27.0 Å². The Morgan fingerprint density at radius 2 is 1.72 bits per heavy atom. The highest BCUT2D eigenvalue weighted by Gasteiger charge is 2.16. The van der Waals surface area contributed by atoms with Crippen LogP contribution in [0.1, 0.15) is 18.1 Å². The van der Waals surface area contributed by atoms with Gasteiger partial charge in [0.15, 0.2) is 0 Å². The molecule has 0 unspecified atom stereocenters. The number of hydrogen-bond acceptors (Lipinski definition) is 5. The standard InChI is InChI=1S/C18H22N2O4S/c1-3-24-18(21)17(19)12-14-6-8-15(9-7-14)20-25(22,23)16-10-4-13(2)5-11-16/h4-11,17,20H,3,12,19H2,1-2H3/t17-/m0/s1. The minimum atomic E-state index is -3.64. The maximum Gasteiger partial charge on any atom is 0.323 e. The maximum absolute atomic E-state index is 12.3. The van der Waals surface area contributed by atoms with Crippen molar-refractivity contribution in [2.45, 2.75) is 31.2 Å². The summed E-state index contributed by atoms with van der Waals surface area (Å²) in [7, 11) is -3.64. The van der Waals surface area contributed by atoms with Crippen LogP contribution in [0, 0.1) is 6.92 Å². The van der Waals surface area contributed by atoms with Crippen molar-refractivity contribution in [2.24, 2.45) is 5.73 Å². The van der Waals surface area contributed by atoms with Gasteiger partial charge in [-0.3, -0.25) is 9.52 Å². The summed E-state index contributed by atoms with van der Waals surface area (Å²) in [5.41, 5.74) is 8.02. The van der Waals surface area contributed by atoms with E-state index in [0.29, 0.717) is 12.1 Å². The lowest BCUT2D eigenvalue weighted by atomic mass is 10.1. The van der Waals surface area contributed by atoms with E-state index in [-0.39, 0.29) is 11.5 Å². The molecule has 0 aliphatic carbocycles. The predicted molar refractivity (Wildman–Crippen MR) is 96.7 cm³/mol. The second kappa shape index (κ2) is 8.13. The number of ether oxygens (including phenoxy) is 1. The Morgan fingerprint density at radius 3 is 2.28 bits per heavy atom. The Labute approximate surface area is 148 Å². The second-order valence-electron chi connectivity index (χ2n) is 5.68. The summed E-state index contributed by atoms with van der Waals surface area (Å²) in [6.07, 6.45) is 0.323. The van der Waals surface area contributed by atoms with Gasteiger partial charge >= 0.3 is 5.97 Å². The number of sulfonamides is 1. The summed E-state index contributed by atoms with van der Waals surface area (Å²) in [5, 5.41) is 0. The number of rotatable bonds is 7. The zero-order valence-corrected chi connectivity index (χ0v) is 15.0. The Hall–Kier alpha value is -2.38. The van der Waals surface area contributed by atoms with Gasteiger partial charge in [-0.1, -0.05) is 29.8 Å². The van der Waals surface area contributed by atoms with Gasteiger partial charge in [0.1, 0.15) is 6.04 Å². The normalized spacial score (nSPS) is 12.4. The van der Waals surface area contributed by atoms with Gasteiger partial charge in [0.2, 0.25) is 0 Å². The average molecular weight is 362 g/mol. The van der Waals surface area contributed by atoms with E-state index >= 15 is 0 Å². The molecule has 3 N–H and O–H groups in total. The van der Waals surface area contributed by atoms with Gasteiger partial charge in [-0.25, -0.2) is 8.42 Å². The van der Waals surface area contributed by atoms with E-state index < -0.39 is 22.0 Å². The molecule has 0 saturated heterocycles. The number of hydrogen-bond donors (Lipinski definition) is 2. The van der Waals surface area contributed by atoms with Crippen LogP contribution in [0.2, 0.25) is 0 Å². The lowest BCUT2D eigenvalue weighted by molar-refractivity contribution is -0.144.